The molecule has 1 aromatic rings. The lowest BCUT2D eigenvalue weighted by molar-refractivity contribution is -0.184. The topological polar surface area (TPSA) is 15.3 Å². The summed E-state index contributed by atoms with van der Waals surface area (Å²) < 4.78 is 39.4. The van der Waals surface area contributed by atoms with Crippen LogP contribution in [0.3, 0.4) is 0 Å². The van der Waals surface area contributed by atoms with Crippen molar-refractivity contribution in [3.8, 4) is 0 Å². The highest BCUT2D eigenvalue weighted by atomic mass is 19.4. The SMILES string of the molecule is Cc1ccc(NC2CCCCC2C(F)(F)F)cc1N(C)C. The first-order valence-electron chi connectivity index (χ1n) is 7.40. The van der Waals surface area contributed by atoms with Crippen molar-refractivity contribution >= 4 is 11.4 Å². The molecule has 1 saturated carbocycles. The third kappa shape index (κ3) is 3.83. The molecule has 1 aromatic carbocycles. The average molecular weight is 300 g/mol. The minimum atomic E-state index is -4.12. The van der Waals surface area contributed by atoms with E-state index in [4.69, 9.17) is 0 Å². The van der Waals surface area contributed by atoms with Gasteiger partial charge in [0.1, 0.15) is 0 Å². The fraction of sp³-hybridized carbons (Fsp3) is 0.625. The van der Waals surface area contributed by atoms with E-state index in [2.05, 4.69) is 5.32 Å². The van der Waals surface area contributed by atoms with Crippen molar-refractivity contribution in [3.63, 3.8) is 0 Å². The Kier molecular flexibility index (Phi) is 4.69. The lowest BCUT2D eigenvalue weighted by Gasteiger charge is -2.34. The molecule has 0 aliphatic heterocycles. The van der Waals surface area contributed by atoms with Crippen molar-refractivity contribution in [2.24, 2.45) is 5.92 Å². The summed E-state index contributed by atoms with van der Waals surface area (Å²) in [6.45, 7) is 2.00. The standard InChI is InChI=1S/C16H23F3N2/c1-11-8-9-12(10-15(11)21(2)3)20-14-7-5-4-6-13(14)16(17,18)19/h8-10,13-14,20H,4-7H2,1-3H3. The van der Waals surface area contributed by atoms with Gasteiger partial charge in [0.25, 0.3) is 0 Å². The second kappa shape index (κ2) is 6.16. The fourth-order valence-electron chi connectivity index (χ4n) is 3.09. The number of benzene rings is 1. The second-order valence-corrected chi connectivity index (χ2v) is 6.08. The van der Waals surface area contributed by atoms with E-state index < -0.39 is 18.1 Å². The van der Waals surface area contributed by atoms with Gasteiger partial charge in [-0.15, -0.1) is 0 Å². The maximum atomic E-state index is 13.1. The van der Waals surface area contributed by atoms with Gasteiger partial charge in [-0.25, -0.2) is 0 Å². The van der Waals surface area contributed by atoms with Crippen LogP contribution in [0.4, 0.5) is 24.5 Å². The number of halogens is 3. The molecule has 0 saturated heterocycles. The van der Waals surface area contributed by atoms with Gasteiger partial charge >= 0.3 is 6.18 Å². The van der Waals surface area contributed by atoms with Gasteiger partial charge in [0.2, 0.25) is 0 Å². The third-order valence-corrected chi connectivity index (χ3v) is 4.23. The molecule has 2 rings (SSSR count). The molecule has 2 unspecified atom stereocenters. The van der Waals surface area contributed by atoms with E-state index in [0.717, 1.165) is 23.4 Å². The largest absolute Gasteiger partial charge is 0.393 e. The Hall–Kier alpha value is -1.39. The van der Waals surface area contributed by atoms with Crippen molar-refractivity contribution in [2.75, 3.05) is 24.3 Å². The van der Waals surface area contributed by atoms with Crippen LogP contribution in [0.15, 0.2) is 18.2 Å². The zero-order chi connectivity index (χ0) is 15.6. The summed E-state index contributed by atoms with van der Waals surface area (Å²) in [5.41, 5.74) is 2.91. The summed E-state index contributed by atoms with van der Waals surface area (Å²) in [5, 5.41) is 3.11. The Bertz CT molecular complexity index is 483. The molecule has 1 fully saturated rings. The monoisotopic (exact) mass is 300 g/mol. The quantitative estimate of drug-likeness (QED) is 0.878. The Morgan fingerprint density at radius 2 is 1.81 bits per heavy atom. The summed E-state index contributed by atoms with van der Waals surface area (Å²) in [6, 6.07) is 5.22. The molecule has 1 aliphatic carbocycles. The molecule has 0 radical (unpaired) electrons. The van der Waals surface area contributed by atoms with Gasteiger partial charge in [0, 0.05) is 31.5 Å². The Morgan fingerprint density at radius 3 is 2.43 bits per heavy atom. The van der Waals surface area contributed by atoms with Crippen molar-refractivity contribution in [1.29, 1.82) is 0 Å². The lowest BCUT2D eigenvalue weighted by Crippen LogP contribution is -2.41. The first-order chi connectivity index (χ1) is 9.79. The Labute approximate surface area is 124 Å². The first-order valence-corrected chi connectivity index (χ1v) is 7.40. The van der Waals surface area contributed by atoms with Crippen LogP contribution in [0, 0.1) is 12.8 Å². The zero-order valence-electron chi connectivity index (χ0n) is 12.8. The van der Waals surface area contributed by atoms with Crippen LogP contribution in [-0.4, -0.2) is 26.3 Å². The molecule has 2 atom stereocenters. The van der Waals surface area contributed by atoms with Crippen LogP contribution in [0.1, 0.15) is 31.2 Å². The second-order valence-electron chi connectivity index (χ2n) is 6.08. The van der Waals surface area contributed by atoms with E-state index in [-0.39, 0.29) is 6.42 Å². The van der Waals surface area contributed by atoms with E-state index in [9.17, 15) is 13.2 Å². The summed E-state index contributed by atoms with van der Waals surface area (Å²) in [6.07, 6.45) is -1.79. The van der Waals surface area contributed by atoms with Gasteiger partial charge in [-0.05, 0) is 37.5 Å². The third-order valence-electron chi connectivity index (χ3n) is 4.23. The summed E-state index contributed by atoms with van der Waals surface area (Å²) in [5.74, 6) is -1.24. The Balaban J connectivity index is 2.18. The summed E-state index contributed by atoms with van der Waals surface area (Å²) >= 11 is 0. The molecule has 0 bridgehead atoms. The predicted octanol–water partition coefficient (Wildman–Crippen LogP) is 4.59. The van der Waals surface area contributed by atoms with Crippen LogP contribution in [0.25, 0.3) is 0 Å². The van der Waals surface area contributed by atoms with Crippen LogP contribution in [0.5, 0.6) is 0 Å². The van der Waals surface area contributed by atoms with Crippen LogP contribution >= 0.6 is 0 Å². The van der Waals surface area contributed by atoms with Crippen LogP contribution in [0.2, 0.25) is 0 Å². The van der Waals surface area contributed by atoms with Gasteiger partial charge in [0.05, 0.1) is 5.92 Å². The highest BCUT2D eigenvalue weighted by Crippen LogP contribution is 2.39. The van der Waals surface area contributed by atoms with E-state index >= 15 is 0 Å². The molecule has 1 aliphatic rings. The minimum absolute atomic E-state index is 0.230. The number of hydrogen-bond acceptors (Lipinski definition) is 2. The van der Waals surface area contributed by atoms with Crippen LogP contribution in [-0.2, 0) is 0 Å². The molecule has 118 valence electrons. The number of nitrogens with one attached hydrogen (secondary N) is 1. The average Bonchev–Trinajstić information content (AvgIpc) is 2.40. The van der Waals surface area contributed by atoms with Gasteiger partial charge in [-0.3, -0.25) is 0 Å². The fourth-order valence-corrected chi connectivity index (χ4v) is 3.09. The number of aryl methyl sites for hydroxylation is 1. The number of anilines is 2. The number of rotatable bonds is 3. The maximum absolute atomic E-state index is 13.1. The zero-order valence-corrected chi connectivity index (χ0v) is 12.8. The molecule has 0 heterocycles. The van der Waals surface area contributed by atoms with E-state index in [1.807, 2.05) is 44.1 Å². The van der Waals surface area contributed by atoms with Gasteiger partial charge in [-0.1, -0.05) is 18.9 Å². The van der Waals surface area contributed by atoms with E-state index in [1.54, 1.807) is 0 Å². The van der Waals surface area contributed by atoms with Crippen molar-refractivity contribution in [1.82, 2.24) is 0 Å². The van der Waals surface area contributed by atoms with Crippen molar-refractivity contribution in [2.45, 2.75) is 44.8 Å². The number of nitrogens with zero attached hydrogens (tertiary/aromatic N) is 1. The summed E-state index contributed by atoms with van der Waals surface area (Å²) in [4.78, 5) is 1.97. The number of alkyl halides is 3. The molecule has 21 heavy (non-hydrogen) atoms. The maximum Gasteiger partial charge on any atom is 0.393 e. The first kappa shape index (κ1) is 16.0. The highest BCUT2D eigenvalue weighted by molar-refractivity contribution is 5.62. The van der Waals surface area contributed by atoms with Crippen LogP contribution < -0.4 is 10.2 Å². The highest BCUT2D eigenvalue weighted by Gasteiger charge is 2.45. The van der Waals surface area contributed by atoms with Gasteiger partial charge in [0.15, 0.2) is 0 Å². The molecular weight excluding hydrogens is 277 g/mol. The van der Waals surface area contributed by atoms with E-state index in [0.29, 0.717) is 12.8 Å². The van der Waals surface area contributed by atoms with Gasteiger partial charge in [-0.2, -0.15) is 13.2 Å². The molecule has 0 amide bonds. The molecule has 0 aromatic heterocycles. The van der Waals surface area contributed by atoms with Gasteiger partial charge < -0.3 is 10.2 Å². The van der Waals surface area contributed by atoms with E-state index in [1.165, 1.54) is 0 Å². The molecular formula is C16H23F3N2. The lowest BCUT2D eigenvalue weighted by atomic mass is 9.84. The number of hydrogen-bond donors (Lipinski definition) is 1. The predicted molar refractivity (Wildman–Crippen MR) is 80.9 cm³/mol. The smallest absolute Gasteiger partial charge is 0.382 e. The molecule has 2 nitrogen and oxygen atoms in total. The molecule has 5 heteroatoms. The normalized spacial score (nSPS) is 23.0. The van der Waals surface area contributed by atoms with Crippen molar-refractivity contribution in [3.05, 3.63) is 23.8 Å². The summed E-state index contributed by atoms with van der Waals surface area (Å²) in [7, 11) is 3.87. The molecule has 0 spiro atoms. The minimum Gasteiger partial charge on any atom is -0.382 e. The molecule has 1 N–H and O–H groups in total. The Morgan fingerprint density at radius 1 is 1.14 bits per heavy atom. The van der Waals surface area contributed by atoms with Crippen molar-refractivity contribution < 1.29 is 13.2 Å².